The third-order valence-electron chi connectivity index (χ3n) is 3.92. The molecule has 1 N–H and O–H groups in total. The summed E-state index contributed by atoms with van der Waals surface area (Å²) < 4.78 is 26.6. The van der Waals surface area contributed by atoms with Crippen LogP contribution in [0.2, 0.25) is 10.0 Å². The maximum Gasteiger partial charge on any atom is 0.218 e. The van der Waals surface area contributed by atoms with Gasteiger partial charge < -0.3 is 5.32 Å². The Kier molecular flexibility index (Phi) is 8.63. The molecule has 4 nitrogen and oxygen atoms in total. The lowest BCUT2D eigenvalue weighted by atomic mass is 9.98. The van der Waals surface area contributed by atoms with E-state index < -0.39 is 10.0 Å². The van der Waals surface area contributed by atoms with Gasteiger partial charge in [-0.25, -0.2) is 12.7 Å². The van der Waals surface area contributed by atoms with Crippen LogP contribution in [0.4, 0.5) is 0 Å². The zero-order valence-corrected chi connectivity index (χ0v) is 16.2. The van der Waals surface area contributed by atoms with Crippen LogP contribution in [0.15, 0.2) is 18.2 Å². The molecule has 0 atom stereocenters. The summed E-state index contributed by atoms with van der Waals surface area (Å²) >= 11 is 11.9. The van der Waals surface area contributed by atoms with Crippen molar-refractivity contribution < 1.29 is 8.42 Å². The van der Waals surface area contributed by atoms with Gasteiger partial charge in [0.25, 0.3) is 0 Å². The van der Waals surface area contributed by atoms with Crippen LogP contribution in [-0.2, 0) is 15.8 Å². The van der Waals surface area contributed by atoms with E-state index in [4.69, 9.17) is 23.2 Å². The van der Waals surface area contributed by atoms with Gasteiger partial charge in [0.05, 0.1) is 5.75 Å². The molecule has 132 valence electrons. The summed E-state index contributed by atoms with van der Waals surface area (Å²) in [7, 11) is -3.32. The van der Waals surface area contributed by atoms with E-state index in [-0.39, 0.29) is 18.2 Å². The summed E-state index contributed by atoms with van der Waals surface area (Å²) in [4.78, 5) is 0. The van der Waals surface area contributed by atoms with Gasteiger partial charge in [0.1, 0.15) is 0 Å². The Labute approximate surface area is 155 Å². The number of nitrogens with one attached hydrogen (secondary N) is 1. The predicted octanol–water partition coefficient (Wildman–Crippen LogP) is 3.57. The minimum absolute atomic E-state index is 0. The van der Waals surface area contributed by atoms with Crippen molar-refractivity contribution in [3.05, 3.63) is 33.8 Å². The molecule has 8 heteroatoms. The van der Waals surface area contributed by atoms with Gasteiger partial charge >= 0.3 is 0 Å². The van der Waals surface area contributed by atoms with Crippen molar-refractivity contribution >= 4 is 45.6 Å². The first-order valence-corrected chi connectivity index (χ1v) is 9.90. The highest BCUT2D eigenvalue weighted by Crippen LogP contribution is 2.24. The Morgan fingerprint density at radius 2 is 1.74 bits per heavy atom. The van der Waals surface area contributed by atoms with Gasteiger partial charge in [-0.05, 0) is 55.6 Å². The van der Waals surface area contributed by atoms with Crippen LogP contribution in [0, 0.1) is 5.92 Å². The van der Waals surface area contributed by atoms with Crippen LogP contribution in [0.5, 0.6) is 0 Å². The summed E-state index contributed by atoms with van der Waals surface area (Å²) in [5.74, 6) is 0.512. The van der Waals surface area contributed by atoms with E-state index in [1.165, 1.54) is 0 Å². The lowest BCUT2D eigenvalue weighted by molar-refractivity contribution is 0.268. The van der Waals surface area contributed by atoms with E-state index in [9.17, 15) is 8.42 Å². The van der Waals surface area contributed by atoms with Crippen LogP contribution in [0.3, 0.4) is 0 Å². The zero-order chi connectivity index (χ0) is 16.2. The molecule has 1 fully saturated rings. The lowest BCUT2D eigenvalue weighted by Crippen LogP contribution is -2.41. The molecule has 0 unspecified atom stereocenters. The molecule has 23 heavy (non-hydrogen) atoms. The second-order valence-corrected chi connectivity index (χ2v) is 8.53. The molecular weight excluding hydrogens is 379 g/mol. The summed E-state index contributed by atoms with van der Waals surface area (Å²) in [6.45, 7) is 5.18. The van der Waals surface area contributed by atoms with E-state index >= 15 is 0 Å². The Bertz CT molecular complexity index is 582. The van der Waals surface area contributed by atoms with E-state index in [1.807, 2.05) is 0 Å². The van der Waals surface area contributed by atoms with Gasteiger partial charge in [-0.2, -0.15) is 0 Å². The molecule has 0 bridgehead atoms. The van der Waals surface area contributed by atoms with Crippen molar-refractivity contribution in [1.29, 1.82) is 0 Å². The van der Waals surface area contributed by atoms with Crippen molar-refractivity contribution in [2.24, 2.45) is 5.92 Å². The number of halogens is 3. The minimum Gasteiger partial charge on any atom is -0.317 e. The maximum absolute atomic E-state index is 12.5. The molecule has 1 aliphatic heterocycles. The number of hydrogen-bond acceptors (Lipinski definition) is 3. The Morgan fingerprint density at radius 1 is 1.17 bits per heavy atom. The van der Waals surface area contributed by atoms with Crippen LogP contribution >= 0.6 is 35.6 Å². The number of nitrogens with zero attached hydrogens (tertiary/aromatic N) is 1. The maximum atomic E-state index is 12.5. The van der Waals surface area contributed by atoms with Gasteiger partial charge in [0, 0.05) is 23.1 Å². The SMILES string of the molecule is CCNCC1CCN(S(=O)(=O)Cc2cc(Cl)cc(Cl)c2)CC1.Cl. The summed E-state index contributed by atoms with van der Waals surface area (Å²) in [5.41, 5.74) is 0.632. The smallest absolute Gasteiger partial charge is 0.218 e. The first-order valence-electron chi connectivity index (χ1n) is 7.54. The largest absolute Gasteiger partial charge is 0.317 e. The predicted molar refractivity (Wildman–Crippen MR) is 99.2 cm³/mol. The lowest BCUT2D eigenvalue weighted by Gasteiger charge is -2.31. The molecule has 0 saturated carbocycles. The van der Waals surface area contributed by atoms with Crippen LogP contribution in [0.25, 0.3) is 0 Å². The molecule has 1 aromatic rings. The number of sulfonamides is 1. The number of hydrogen-bond donors (Lipinski definition) is 1. The highest BCUT2D eigenvalue weighted by Gasteiger charge is 2.28. The molecule has 0 aromatic heterocycles. The minimum atomic E-state index is -3.32. The van der Waals surface area contributed by atoms with E-state index in [0.29, 0.717) is 34.6 Å². The van der Waals surface area contributed by atoms with Crippen LogP contribution in [-0.4, -0.2) is 38.9 Å². The second-order valence-electron chi connectivity index (χ2n) is 5.68. The zero-order valence-electron chi connectivity index (χ0n) is 13.1. The Balaban J connectivity index is 0.00000264. The third kappa shape index (κ3) is 6.40. The fourth-order valence-electron chi connectivity index (χ4n) is 2.74. The molecule has 0 spiro atoms. The van der Waals surface area contributed by atoms with E-state index in [2.05, 4.69) is 12.2 Å². The quantitative estimate of drug-likeness (QED) is 0.793. The first-order chi connectivity index (χ1) is 10.4. The molecule has 0 amide bonds. The number of piperidine rings is 1. The molecule has 0 aliphatic carbocycles. The molecule has 1 heterocycles. The van der Waals surface area contributed by atoms with Crippen LogP contribution < -0.4 is 5.32 Å². The fraction of sp³-hybridized carbons (Fsp3) is 0.600. The Hall–Kier alpha value is -0.0400. The van der Waals surface area contributed by atoms with Gasteiger partial charge in [-0.15, -0.1) is 12.4 Å². The monoisotopic (exact) mass is 400 g/mol. The van der Waals surface area contributed by atoms with E-state index in [0.717, 1.165) is 25.9 Å². The standard InChI is InChI=1S/C15H22Cl2N2O2S.ClH/c1-2-18-10-12-3-5-19(6-4-12)22(20,21)11-13-7-14(16)9-15(17)8-13;/h7-9,12,18H,2-6,10-11H2,1H3;1H. The topological polar surface area (TPSA) is 49.4 Å². The second kappa shape index (κ2) is 9.44. The van der Waals surface area contributed by atoms with Gasteiger partial charge in [-0.3, -0.25) is 0 Å². The molecule has 1 saturated heterocycles. The average molecular weight is 402 g/mol. The first kappa shape index (κ1) is 21.0. The number of rotatable bonds is 6. The van der Waals surface area contributed by atoms with E-state index in [1.54, 1.807) is 22.5 Å². The van der Waals surface area contributed by atoms with Gasteiger partial charge in [0.15, 0.2) is 0 Å². The molecule has 1 aliphatic rings. The molecule has 0 radical (unpaired) electrons. The number of benzene rings is 1. The summed E-state index contributed by atoms with van der Waals surface area (Å²) in [6.07, 6.45) is 1.81. The normalized spacial score (nSPS) is 17.0. The fourth-order valence-corrected chi connectivity index (χ4v) is 4.85. The highest BCUT2D eigenvalue weighted by atomic mass is 35.5. The van der Waals surface area contributed by atoms with Crippen LogP contribution in [0.1, 0.15) is 25.3 Å². The van der Waals surface area contributed by atoms with Crippen molar-refractivity contribution in [3.63, 3.8) is 0 Å². The summed E-state index contributed by atoms with van der Waals surface area (Å²) in [5, 5.41) is 4.25. The van der Waals surface area contributed by atoms with Gasteiger partial charge in [0.2, 0.25) is 10.0 Å². The third-order valence-corrected chi connectivity index (χ3v) is 6.21. The van der Waals surface area contributed by atoms with Gasteiger partial charge in [-0.1, -0.05) is 30.1 Å². The summed E-state index contributed by atoms with van der Waals surface area (Å²) in [6, 6.07) is 4.91. The molecular formula is C15H23Cl3N2O2S. The van der Waals surface area contributed by atoms with Crippen molar-refractivity contribution in [2.75, 3.05) is 26.2 Å². The molecule has 1 aromatic carbocycles. The van der Waals surface area contributed by atoms with Crippen molar-refractivity contribution in [1.82, 2.24) is 9.62 Å². The Morgan fingerprint density at radius 3 is 2.26 bits per heavy atom. The van der Waals surface area contributed by atoms with Crippen molar-refractivity contribution in [3.8, 4) is 0 Å². The van der Waals surface area contributed by atoms with Crippen molar-refractivity contribution in [2.45, 2.75) is 25.5 Å². The highest BCUT2D eigenvalue weighted by molar-refractivity contribution is 7.88. The molecule has 2 rings (SSSR count). The average Bonchev–Trinajstić information content (AvgIpc) is 2.44.